The number of allylic oxidation sites excluding steroid dienone is 1. The average molecular weight is 193 g/mol. The molecule has 1 unspecified atom stereocenters. The summed E-state index contributed by atoms with van der Waals surface area (Å²) >= 11 is 0. The van der Waals surface area contributed by atoms with Gasteiger partial charge in [-0.1, -0.05) is 19.9 Å². The minimum Gasteiger partial charge on any atom is -0.372 e. The Bertz CT molecular complexity index is 251. The Balaban J connectivity index is 1.75. The molecule has 14 heavy (non-hydrogen) atoms. The summed E-state index contributed by atoms with van der Waals surface area (Å²) < 4.78 is 5.74. The van der Waals surface area contributed by atoms with Crippen LogP contribution in [0.2, 0.25) is 0 Å². The number of nitrogens with zero attached hydrogens (tertiary/aromatic N) is 1. The molecule has 0 aromatic carbocycles. The van der Waals surface area contributed by atoms with Crippen molar-refractivity contribution in [3.05, 3.63) is 12.2 Å². The summed E-state index contributed by atoms with van der Waals surface area (Å²) in [6.07, 6.45) is 7.22. The summed E-state index contributed by atoms with van der Waals surface area (Å²) in [7, 11) is 0. The summed E-state index contributed by atoms with van der Waals surface area (Å²) in [5.74, 6) is 1.38. The first-order valence-electron chi connectivity index (χ1n) is 5.60. The first-order chi connectivity index (χ1) is 6.75. The predicted octanol–water partition coefficient (Wildman–Crippen LogP) is 2.45. The fourth-order valence-electron chi connectivity index (χ4n) is 1.54. The molecule has 0 aromatic heterocycles. The van der Waals surface area contributed by atoms with Gasteiger partial charge in [-0.25, -0.2) is 0 Å². The lowest BCUT2D eigenvalue weighted by Gasteiger charge is -2.17. The molecule has 0 spiro atoms. The molecular formula is C12H19NO. The third kappa shape index (κ3) is 2.68. The summed E-state index contributed by atoms with van der Waals surface area (Å²) in [6.45, 7) is 6.10. The Kier molecular flexibility index (Phi) is 3.02. The third-order valence-corrected chi connectivity index (χ3v) is 2.77. The summed E-state index contributed by atoms with van der Waals surface area (Å²) in [5.41, 5.74) is 1.20. The third-order valence-electron chi connectivity index (χ3n) is 2.77. The van der Waals surface area contributed by atoms with Gasteiger partial charge in [0.05, 0.1) is 19.3 Å². The van der Waals surface area contributed by atoms with Gasteiger partial charge in [0.25, 0.3) is 0 Å². The number of dihydropyridines is 1. The monoisotopic (exact) mass is 193 g/mol. The molecule has 0 amide bonds. The molecule has 2 aliphatic rings. The van der Waals surface area contributed by atoms with Gasteiger partial charge in [0.1, 0.15) is 0 Å². The molecular weight excluding hydrogens is 174 g/mol. The van der Waals surface area contributed by atoms with E-state index in [2.05, 4.69) is 31.0 Å². The van der Waals surface area contributed by atoms with Gasteiger partial charge in [-0.05, 0) is 30.8 Å². The highest BCUT2D eigenvalue weighted by atomic mass is 16.5. The molecule has 2 rings (SSSR count). The second kappa shape index (κ2) is 4.26. The van der Waals surface area contributed by atoms with Crippen molar-refractivity contribution in [2.75, 3.05) is 13.2 Å². The van der Waals surface area contributed by atoms with E-state index in [-0.39, 0.29) is 6.10 Å². The molecule has 1 aliphatic carbocycles. The molecule has 0 N–H and O–H groups in total. The zero-order valence-corrected chi connectivity index (χ0v) is 9.07. The molecule has 2 nitrogen and oxygen atoms in total. The zero-order valence-electron chi connectivity index (χ0n) is 9.07. The molecule has 1 saturated carbocycles. The molecule has 1 atom stereocenters. The second-order valence-electron chi connectivity index (χ2n) is 4.59. The highest BCUT2D eigenvalue weighted by Crippen LogP contribution is 2.29. The van der Waals surface area contributed by atoms with Gasteiger partial charge >= 0.3 is 0 Å². The Labute approximate surface area is 86.1 Å². The fourth-order valence-corrected chi connectivity index (χ4v) is 1.54. The van der Waals surface area contributed by atoms with Crippen molar-refractivity contribution in [2.24, 2.45) is 16.8 Å². The SMILES string of the molecule is CC(C)C1=NCC(OCC2CC2)C=C1. The van der Waals surface area contributed by atoms with Crippen LogP contribution in [0.15, 0.2) is 17.1 Å². The largest absolute Gasteiger partial charge is 0.372 e. The molecule has 2 heteroatoms. The fraction of sp³-hybridized carbons (Fsp3) is 0.750. The van der Waals surface area contributed by atoms with Crippen molar-refractivity contribution in [1.29, 1.82) is 0 Å². The van der Waals surface area contributed by atoms with Crippen LogP contribution in [0.1, 0.15) is 26.7 Å². The standard InChI is InChI=1S/C12H19NO/c1-9(2)12-6-5-11(7-13-12)14-8-10-3-4-10/h5-6,9-11H,3-4,7-8H2,1-2H3. The van der Waals surface area contributed by atoms with Crippen LogP contribution >= 0.6 is 0 Å². The van der Waals surface area contributed by atoms with E-state index in [1.54, 1.807) is 0 Å². The summed E-state index contributed by atoms with van der Waals surface area (Å²) in [6, 6.07) is 0. The van der Waals surface area contributed by atoms with Gasteiger partial charge in [0, 0.05) is 5.71 Å². The van der Waals surface area contributed by atoms with Crippen LogP contribution in [0.25, 0.3) is 0 Å². The van der Waals surface area contributed by atoms with Gasteiger partial charge in [0.2, 0.25) is 0 Å². The first-order valence-corrected chi connectivity index (χ1v) is 5.60. The maximum atomic E-state index is 5.74. The van der Waals surface area contributed by atoms with Gasteiger partial charge in [-0.2, -0.15) is 0 Å². The van der Waals surface area contributed by atoms with Crippen LogP contribution in [0, 0.1) is 11.8 Å². The van der Waals surface area contributed by atoms with E-state index in [1.165, 1.54) is 18.6 Å². The predicted molar refractivity (Wildman–Crippen MR) is 58.7 cm³/mol. The van der Waals surface area contributed by atoms with E-state index < -0.39 is 0 Å². The maximum Gasteiger partial charge on any atom is 0.0954 e. The average Bonchev–Trinajstić information content (AvgIpc) is 2.99. The lowest BCUT2D eigenvalue weighted by atomic mass is 10.1. The number of hydrogen-bond acceptors (Lipinski definition) is 2. The molecule has 1 aliphatic heterocycles. The lowest BCUT2D eigenvalue weighted by Crippen LogP contribution is -2.21. The smallest absolute Gasteiger partial charge is 0.0954 e. The van der Waals surface area contributed by atoms with Crippen LogP contribution in [-0.2, 0) is 4.74 Å². The lowest BCUT2D eigenvalue weighted by molar-refractivity contribution is 0.0818. The van der Waals surface area contributed by atoms with E-state index in [0.29, 0.717) is 5.92 Å². The second-order valence-corrected chi connectivity index (χ2v) is 4.59. The van der Waals surface area contributed by atoms with Crippen LogP contribution < -0.4 is 0 Å². The van der Waals surface area contributed by atoms with E-state index in [1.807, 2.05) is 0 Å². The van der Waals surface area contributed by atoms with E-state index in [4.69, 9.17) is 4.74 Å². The Morgan fingerprint density at radius 3 is 2.79 bits per heavy atom. The van der Waals surface area contributed by atoms with Crippen LogP contribution in [0.5, 0.6) is 0 Å². The number of ether oxygens (including phenoxy) is 1. The van der Waals surface area contributed by atoms with Crippen molar-refractivity contribution in [3.8, 4) is 0 Å². The quantitative estimate of drug-likeness (QED) is 0.672. The van der Waals surface area contributed by atoms with Crippen molar-refractivity contribution >= 4 is 5.71 Å². The Morgan fingerprint density at radius 2 is 2.29 bits per heavy atom. The molecule has 78 valence electrons. The highest BCUT2D eigenvalue weighted by Gasteiger charge is 2.23. The number of aliphatic imine (C=N–C) groups is 1. The Hall–Kier alpha value is -0.630. The zero-order chi connectivity index (χ0) is 9.97. The van der Waals surface area contributed by atoms with Crippen LogP contribution in [0.3, 0.4) is 0 Å². The van der Waals surface area contributed by atoms with Crippen molar-refractivity contribution in [1.82, 2.24) is 0 Å². The molecule has 1 heterocycles. The van der Waals surface area contributed by atoms with Gasteiger partial charge in [-0.15, -0.1) is 0 Å². The topological polar surface area (TPSA) is 21.6 Å². The highest BCUT2D eigenvalue weighted by molar-refractivity contribution is 5.97. The maximum absolute atomic E-state index is 5.74. The normalized spacial score (nSPS) is 26.8. The van der Waals surface area contributed by atoms with Crippen LogP contribution in [-0.4, -0.2) is 25.0 Å². The molecule has 0 aromatic rings. The van der Waals surface area contributed by atoms with Crippen molar-refractivity contribution in [2.45, 2.75) is 32.8 Å². The summed E-state index contributed by atoms with van der Waals surface area (Å²) in [4.78, 5) is 4.51. The molecule has 1 fully saturated rings. The van der Waals surface area contributed by atoms with E-state index in [0.717, 1.165) is 19.1 Å². The van der Waals surface area contributed by atoms with Crippen molar-refractivity contribution < 1.29 is 4.74 Å². The van der Waals surface area contributed by atoms with Gasteiger partial charge < -0.3 is 4.74 Å². The first kappa shape index (κ1) is 9.91. The molecule has 0 radical (unpaired) electrons. The Morgan fingerprint density at radius 1 is 1.50 bits per heavy atom. The number of hydrogen-bond donors (Lipinski definition) is 0. The van der Waals surface area contributed by atoms with Crippen molar-refractivity contribution in [3.63, 3.8) is 0 Å². The summed E-state index contributed by atoms with van der Waals surface area (Å²) in [5, 5.41) is 0. The molecule has 0 bridgehead atoms. The van der Waals surface area contributed by atoms with Crippen LogP contribution in [0.4, 0.5) is 0 Å². The number of rotatable bonds is 4. The van der Waals surface area contributed by atoms with Gasteiger partial charge in [0.15, 0.2) is 0 Å². The minimum absolute atomic E-state index is 0.234. The van der Waals surface area contributed by atoms with Gasteiger partial charge in [-0.3, -0.25) is 4.99 Å². The van der Waals surface area contributed by atoms with E-state index in [9.17, 15) is 0 Å². The minimum atomic E-state index is 0.234. The molecule has 0 saturated heterocycles. The van der Waals surface area contributed by atoms with E-state index >= 15 is 0 Å².